The van der Waals surface area contributed by atoms with Gasteiger partial charge in [-0.3, -0.25) is 24.1 Å². The Kier molecular flexibility index (Phi) is 6.78. The molecule has 2 N–H and O–H groups in total. The van der Waals surface area contributed by atoms with Crippen LogP contribution in [0.15, 0.2) is 0 Å². The van der Waals surface area contributed by atoms with Crippen molar-refractivity contribution < 1.29 is 19.2 Å². The summed E-state index contributed by atoms with van der Waals surface area (Å²) in [6.07, 6.45) is 8.39. The van der Waals surface area contributed by atoms with E-state index >= 15 is 0 Å². The number of hydrogen-bond donors (Lipinski definition) is 2. The van der Waals surface area contributed by atoms with E-state index in [1.165, 1.54) is 29.5 Å². The van der Waals surface area contributed by atoms with Crippen molar-refractivity contribution in [2.75, 3.05) is 24.6 Å². The van der Waals surface area contributed by atoms with E-state index in [2.05, 4.69) is 10.6 Å². The first-order valence-electron chi connectivity index (χ1n) is 9.99. The number of carbonyl (C=O) groups excluding carboxylic acids is 4. The maximum atomic E-state index is 12.5. The predicted octanol–water partition coefficient (Wildman–Crippen LogP) is 1.21. The molecule has 3 rings (SSSR count). The summed E-state index contributed by atoms with van der Waals surface area (Å²) in [4.78, 5) is 49.7. The van der Waals surface area contributed by atoms with Gasteiger partial charge in [-0.1, -0.05) is 25.7 Å². The Bertz CT molecular complexity index is 598. The minimum atomic E-state index is -0.455. The highest BCUT2D eigenvalue weighted by molar-refractivity contribution is 8.00. The first-order valence-corrected chi connectivity index (χ1v) is 11.1. The van der Waals surface area contributed by atoms with Gasteiger partial charge in [-0.05, 0) is 25.7 Å². The SMILES string of the molecule is O=C(CSCC(=O)NC1CCCC1)NCCN1C(=O)CC2(CCCC2)C1=O. The molecule has 0 bridgehead atoms. The Morgan fingerprint density at radius 1 is 1.04 bits per heavy atom. The topological polar surface area (TPSA) is 95.6 Å². The second-order valence-corrected chi connectivity index (χ2v) is 8.89. The molecule has 3 aliphatic rings. The van der Waals surface area contributed by atoms with Crippen molar-refractivity contribution in [3.8, 4) is 0 Å². The summed E-state index contributed by atoms with van der Waals surface area (Å²) >= 11 is 1.28. The molecule has 0 radical (unpaired) electrons. The molecule has 3 fully saturated rings. The number of nitrogens with zero attached hydrogens (tertiary/aromatic N) is 1. The van der Waals surface area contributed by atoms with Crippen LogP contribution in [0.1, 0.15) is 57.8 Å². The maximum absolute atomic E-state index is 12.5. The Morgan fingerprint density at radius 2 is 1.70 bits per heavy atom. The van der Waals surface area contributed by atoms with Crippen molar-refractivity contribution in [2.24, 2.45) is 5.41 Å². The number of imide groups is 1. The van der Waals surface area contributed by atoms with Crippen LogP contribution in [0.3, 0.4) is 0 Å². The zero-order chi connectivity index (χ0) is 19.3. The molecule has 1 saturated heterocycles. The quantitative estimate of drug-likeness (QED) is 0.603. The van der Waals surface area contributed by atoms with Gasteiger partial charge in [0, 0.05) is 25.6 Å². The molecule has 8 heteroatoms. The number of amides is 4. The van der Waals surface area contributed by atoms with Crippen molar-refractivity contribution in [2.45, 2.75) is 63.8 Å². The van der Waals surface area contributed by atoms with E-state index in [0.29, 0.717) is 12.5 Å². The van der Waals surface area contributed by atoms with Crippen molar-refractivity contribution in [1.29, 1.82) is 0 Å². The van der Waals surface area contributed by atoms with Crippen LogP contribution in [-0.2, 0) is 19.2 Å². The third-order valence-corrected chi connectivity index (χ3v) is 6.83. The molecule has 0 aromatic heterocycles. The van der Waals surface area contributed by atoms with Gasteiger partial charge in [0.25, 0.3) is 0 Å². The normalized spacial score (nSPS) is 22.0. The summed E-state index contributed by atoms with van der Waals surface area (Å²) in [6, 6.07) is 0.297. The molecule has 0 aromatic carbocycles. The van der Waals surface area contributed by atoms with Gasteiger partial charge in [0.1, 0.15) is 0 Å². The van der Waals surface area contributed by atoms with Gasteiger partial charge >= 0.3 is 0 Å². The zero-order valence-corrected chi connectivity index (χ0v) is 16.6. The molecule has 0 aromatic rings. The molecule has 1 aliphatic heterocycles. The van der Waals surface area contributed by atoms with Crippen LogP contribution in [0, 0.1) is 5.41 Å². The van der Waals surface area contributed by atoms with Crippen LogP contribution in [0.5, 0.6) is 0 Å². The minimum Gasteiger partial charge on any atom is -0.354 e. The molecule has 2 saturated carbocycles. The van der Waals surface area contributed by atoms with E-state index in [1.807, 2.05) is 0 Å². The van der Waals surface area contributed by atoms with Crippen molar-refractivity contribution in [3.05, 3.63) is 0 Å². The number of nitrogens with one attached hydrogen (secondary N) is 2. The van der Waals surface area contributed by atoms with Crippen LogP contribution in [0.2, 0.25) is 0 Å². The second kappa shape index (κ2) is 9.08. The van der Waals surface area contributed by atoms with Crippen LogP contribution in [0.25, 0.3) is 0 Å². The highest BCUT2D eigenvalue weighted by Crippen LogP contribution is 2.46. The fourth-order valence-electron chi connectivity index (χ4n) is 4.46. The third-order valence-electron chi connectivity index (χ3n) is 5.89. The van der Waals surface area contributed by atoms with Gasteiger partial charge in [-0.2, -0.15) is 0 Å². The van der Waals surface area contributed by atoms with Gasteiger partial charge in [0.05, 0.1) is 16.9 Å². The van der Waals surface area contributed by atoms with E-state index in [4.69, 9.17) is 0 Å². The predicted molar refractivity (Wildman–Crippen MR) is 103 cm³/mol. The third kappa shape index (κ3) is 5.03. The highest BCUT2D eigenvalue weighted by atomic mass is 32.2. The summed E-state index contributed by atoms with van der Waals surface area (Å²) in [6.45, 7) is 0.499. The Hall–Kier alpha value is -1.57. The molecule has 4 amide bonds. The van der Waals surface area contributed by atoms with Crippen LogP contribution >= 0.6 is 11.8 Å². The average Bonchev–Trinajstić information content (AvgIpc) is 3.34. The van der Waals surface area contributed by atoms with E-state index in [9.17, 15) is 19.2 Å². The molecule has 7 nitrogen and oxygen atoms in total. The van der Waals surface area contributed by atoms with Crippen LogP contribution < -0.4 is 10.6 Å². The zero-order valence-electron chi connectivity index (χ0n) is 15.8. The molecule has 1 heterocycles. The number of likely N-dealkylation sites (tertiary alicyclic amines) is 1. The smallest absolute Gasteiger partial charge is 0.235 e. The standard InChI is InChI=1S/C19H29N3O4S/c23-15(12-27-13-16(24)21-14-5-1-2-6-14)20-9-10-22-17(25)11-19(18(22)26)7-3-4-8-19/h14H,1-13H2,(H,20,23)(H,21,24). The lowest BCUT2D eigenvalue weighted by Gasteiger charge is -2.21. The Balaban J connectivity index is 1.30. The summed E-state index contributed by atoms with van der Waals surface area (Å²) in [5.74, 6) is 0.101. The average molecular weight is 396 g/mol. The van der Waals surface area contributed by atoms with E-state index in [1.54, 1.807) is 0 Å². The molecular weight excluding hydrogens is 366 g/mol. The summed E-state index contributed by atoms with van der Waals surface area (Å²) < 4.78 is 0. The molecule has 27 heavy (non-hydrogen) atoms. The number of carbonyl (C=O) groups is 4. The largest absolute Gasteiger partial charge is 0.354 e. The van der Waals surface area contributed by atoms with Gasteiger partial charge < -0.3 is 10.6 Å². The van der Waals surface area contributed by atoms with E-state index < -0.39 is 5.41 Å². The summed E-state index contributed by atoms with van der Waals surface area (Å²) in [5, 5.41) is 5.73. The highest BCUT2D eigenvalue weighted by Gasteiger charge is 2.52. The van der Waals surface area contributed by atoms with Crippen LogP contribution in [-0.4, -0.2) is 59.2 Å². The van der Waals surface area contributed by atoms with Gasteiger partial charge in [-0.15, -0.1) is 11.8 Å². The molecule has 0 unspecified atom stereocenters. The first-order chi connectivity index (χ1) is 13.0. The van der Waals surface area contributed by atoms with Crippen molar-refractivity contribution in [1.82, 2.24) is 15.5 Å². The lowest BCUT2D eigenvalue weighted by molar-refractivity contribution is -0.141. The van der Waals surface area contributed by atoms with E-state index in [-0.39, 0.29) is 48.2 Å². The van der Waals surface area contributed by atoms with E-state index in [0.717, 1.165) is 38.5 Å². The molecule has 1 spiro atoms. The molecule has 0 atom stereocenters. The maximum Gasteiger partial charge on any atom is 0.235 e. The van der Waals surface area contributed by atoms with Gasteiger partial charge in [0.15, 0.2) is 0 Å². The molecule has 150 valence electrons. The van der Waals surface area contributed by atoms with Crippen LogP contribution in [0.4, 0.5) is 0 Å². The van der Waals surface area contributed by atoms with Gasteiger partial charge in [-0.25, -0.2) is 0 Å². The summed E-state index contributed by atoms with van der Waals surface area (Å²) in [7, 11) is 0. The fourth-order valence-corrected chi connectivity index (χ4v) is 5.12. The monoisotopic (exact) mass is 395 g/mol. The van der Waals surface area contributed by atoms with Crippen molar-refractivity contribution in [3.63, 3.8) is 0 Å². The first kappa shape index (κ1) is 20.2. The van der Waals surface area contributed by atoms with Crippen molar-refractivity contribution >= 4 is 35.4 Å². The number of thioether (sulfide) groups is 1. The molecule has 2 aliphatic carbocycles. The summed E-state index contributed by atoms with van der Waals surface area (Å²) in [5.41, 5.74) is -0.455. The fraction of sp³-hybridized carbons (Fsp3) is 0.789. The Morgan fingerprint density at radius 3 is 2.41 bits per heavy atom. The number of hydrogen-bond acceptors (Lipinski definition) is 5. The number of rotatable bonds is 8. The molecular formula is C19H29N3O4S. The minimum absolute atomic E-state index is 0.0187. The van der Waals surface area contributed by atoms with Gasteiger partial charge in [0.2, 0.25) is 23.6 Å². The second-order valence-electron chi connectivity index (χ2n) is 7.91. The lowest BCUT2D eigenvalue weighted by atomic mass is 9.84. The Labute approximate surface area is 164 Å². The lowest BCUT2D eigenvalue weighted by Crippen LogP contribution is -2.40.